The zero-order valence-electron chi connectivity index (χ0n) is 15.2. The number of amides is 1. The van der Waals surface area contributed by atoms with Crippen molar-refractivity contribution in [3.05, 3.63) is 53.6 Å². The van der Waals surface area contributed by atoms with E-state index in [4.69, 9.17) is 16.3 Å². The Morgan fingerprint density at radius 1 is 1.19 bits per heavy atom. The summed E-state index contributed by atoms with van der Waals surface area (Å²) in [6, 6.07) is 15.6. The second-order valence-corrected chi connectivity index (χ2v) is 6.95. The van der Waals surface area contributed by atoms with Crippen LogP contribution in [-0.2, 0) is 4.79 Å². The topological polar surface area (TPSA) is 46.0 Å². The summed E-state index contributed by atoms with van der Waals surface area (Å²) in [4.78, 5) is 16.3. The van der Waals surface area contributed by atoms with Crippen LogP contribution < -0.4 is 19.9 Å². The lowest BCUT2D eigenvalue weighted by Crippen LogP contribution is -3.19. The highest BCUT2D eigenvalue weighted by Gasteiger charge is 2.29. The summed E-state index contributed by atoms with van der Waals surface area (Å²) in [6.45, 7) is 5.75. The molecule has 5 nitrogen and oxygen atoms in total. The molecule has 1 aliphatic rings. The minimum Gasteiger partial charge on any atom is -0.495 e. The molecule has 0 radical (unpaired) electrons. The number of methoxy groups -OCH3 is 1. The molecular formula is C20H25ClN3O2+. The number of hydrogen-bond donors (Lipinski definition) is 2. The van der Waals surface area contributed by atoms with Crippen molar-refractivity contribution in [2.45, 2.75) is 13.0 Å². The molecule has 2 aromatic carbocycles. The lowest BCUT2D eigenvalue weighted by Gasteiger charge is -2.36. The molecule has 0 spiro atoms. The summed E-state index contributed by atoms with van der Waals surface area (Å²) in [7, 11) is 1.57. The Kier molecular flexibility index (Phi) is 6.01. The number of carbonyl (C=O) groups is 1. The van der Waals surface area contributed by atoms with E-state index in [9.17, 15) is 4.79 Å². The molecule has 1 heterocycles. The molecule has 0 saturated carbocycles. The highest BCUT2D eigenvalue weighted by atomic mass is 35.5. The maximum absolute atomic E-state index is 12.6. The van der Waals surface area contributed by atoms with E-state index < -0.39 is 0 Å². The average Bonchev–Trinajstić information content (AvgIpc) is 2.68. The summed E-state index contributed by atoms with van der Waals surface area (Å²) in [5.74, 6) is 0.606. The predicted molar refractivity (Wildman–Crippen MR) is 105 cm³/mol. The summed E-state index contributed by atoms with van der Waals surface area (Å²) < 4.78 is 5.14. The molecule has 1 atom stereocenters. The van der Waals surface area contributed by atoms with Crippen LogP contribution in [0, 0.1) is 0 Å². The van der Waals surface area contributed by atoms with Crippen LogP contribution in [0.5, 0.6) is 5.75 Å². The number of quaternary nitrogens is 1. The van der Waals surface area contributed by atoms with Gasteiger partial charge in [-0.3, -0.25) is 4.79 Å². The molecule has 1 saturated heterocycles. The molecule has 1 amide bonds. The SMILES string of the molecule is COc1ccc(NC(=O)[C@@H](C)[NH+]2CCN(c3ccccc3)CC2)cc1Cl. The van der Waals surface area contributed by atoms with E-state index in [-0.39, 0.29) is 11.9 Å². The fraction of sp³-hybridized carbons (Fsp3) is 0.350. The van der Waals surface area contributed by atoms with Crippen LogP contribution in [-0.4, -0.2) is 45.2 Å². The van der Waals surface area contributed by atoms with Crippen molar-refractivity contribution in [2.75, 3.05) is 43.5 Å². The van der Waals surface area contributed by atoms with E-state index in [0.29, 0.717) is 16.5 Å². The van der Waals surface area contributed by atoms with Gasteiger partial charge in [-0.15, -0.1) is 0 Å². The lowest BCUT2D eigenvalue weighted by molar-refractivity contribution is -0.914. The van der Waals surface area contributed by atoms with Crippen molar-refractivity contribution in [1.82, 2.24) is 0 Å². The van der Waals surface area contributed by atoms with Crippen LogP contribution in [0.2, 0.25) is 5.02 Å². The minimum absolute atomic E-state index is 0.00870. The number of para-hydroxylation sites is 1. The van der Waals surface area contributed by atoms with E-state index in [0.717, 1.165) is 26.2 Å². The molecule has 26 heavy (non-hydrogen) atoms. The zero-order valence-corrected chi connectivity index (χ0v) is 15.9. The van der Waals surface area contributed by atoms with Crippen molar-refractivity contribution >= 4 is 28.9 Å². The largest absolute Gasteiger partial charge is 0.495 e. The Bertz CT molecular complexity index is 746. The van der Waals surface area contributed by atoms with Crippen LogP contribution in [0.1, 0.15) is 6.92 Å². The number of ether oxygens (including phenoxy) is 1. The number of piperazine rings is 1. The Morgan fingerprint density at radius 2 is 1.88 bits per heavy atom. The van der Waals surface area contributed by atoms with Crippen LogP contribution in [0.15, 0.2) is 48.5 Å². The molecule has 2 aromatic rings. The molecule has 0 bridgehead atoms. The zero-order chi connectivity index (χ0) is 18.5. The number of rotatable bonds is 5. The van der Waals surface area contributed by atoms with Gasteiger partial charge in [-0.25, -0.2) is 0 Å². The first kappa shape index (κ1) is 18.5. The summed E-state index contributed by atoms with van der Waals surface area (Å²) in [6.07, 6.45) is 0. The van der Waals surface area contributed by atoms with Crippen molar-refractivity contribution in [1.29, 1.82) is 0 Å². The molecule has 6 heteroatoms. The van der Waals surface area contributed by atoms with Crippen LogP contribution in [0.4, 0.5) is 11.4 Å². The van der Waals surface area contributed by atoms with Gasteiger partial charge in [-0.1, -0.05) is 29.8 Å². The Labute approximate surface area is 159 Å². The second-order valence-electron chi connectivity index (χ2n) is 6.54. The van der Waals surface area contributed by atoms with Crippen molar-refractivity contribution < 1.29 is 14.4 Å². The quantitative estimate of drug-likeness (QED) is 0.842. The maximum atomic E-state index is 12.6. The molecule has 0 unspecified atom stereocenters. The van der Waals surface area contributed by atoms with Gasteiger partial charge in [0.25, 0.3) is 5.91 Å². The first-order chi connectivity index (χ1) is 12.6. The number of carbonyl (C=O) groups excluding carboxylic acids is 1. The van der Waals surface area contributed by atoms with Gasteiger partial charge >= 0.3 is 0 Å². The Hall–Kier alpha value is -2.24. The second kappa shape index (κ2) is 8.43. The summed E-state index contributed by atoms with van der Waals surface area (Å²) in [5, 5.41) is 3.45. The first-order valence-corrected chi connectivity index (χ1v) is 9.25. The number of hydrogen-bond acceptors (Lipinski definition) is 3. The summed E-state index contributed by atoms with van der Waals surface area (Å²) in [5.41, 5.74) is 1.94. The van der Waals surface area contributed by atoms with Gasteiger partial charge < -0.3 is 19.9 Å². The van der Waals surface area contributed by atoms with Crippen molar-refractivity contribution in [3.8, 4) is 5.75 Å². The molecule has 0 aromatic heterocycles. The highest BCUT2D eigenvalue weighted by Crippen LogP contribution is 2.27. The normalized spacial score (nSPS) is 16.2. The molecule has 3 rings (SSSR count). The number of nitrogens with one attached hydrogen (secondary N) is 2. The third-order valence-corrected chi connectivity index (χ3v) is 5.25. The highest BCUT2D eigenvalue weighted by molar-refractivity contribution is 6.32. The van der Waals surface area contributed by atoms with E-state index in [2.05, 4.69) is 34.5 Å². The van der Waals surface area contributed by atoms with Crippen molar-refractivity contribution in [3.63, 3.8) is 0 Å². The smallest absolute Gasteiger partial charge is 0.282 e. The van der Waals surface area contributed by atoms with E-state index in [1.807, 2.05) is 13.0 Å². The number of benzene rings is 2. The number of nitrogens with zero attached hydrogens (tertiary/aromatic N) is 1. The van der Waals surface area contributed by atoms with E-state index in [1.54, 1.807) is 25.3 Å². The average molecular weight is 375 g/mol. The molecule has 138 valence electrons. The fourth-order valence-corrected chi connectivity index (χ4v) is 3.56. The van der Waals surface area contributed by atoms with Crippen molar-refractivity contribution in [2.24, 2.45) is 0 Å². The van der Waals surface area contributed by atoms with Crippen LogP contribution in [0.25, 0.3) is 0 Å². The van der Waals surface area contributed by atoms with Gasteiger partial charge in [0.2, 0.25) is 0 Å². The van der Waals surface area contributed by atoms with Crippen LogP contribution >= 0.6 is 11.6 Å². The summed E-state index contributed by atoms with van der Waals surface area (Å²) >= 11 is 6.13. The van der Waals surface area contributed by atoms with Gasteiger partial charge in [0.1, 0.15) is 5.75 Å². The number of halogens is 1. The lowest BCUT2D eigenvalue weighted by atomic mass is 10.2. The first-order valence-electron chi connectivity index (χ1n) is 8.87. The third-order valence-electron chi connectivity index (χ3n) is 4.95. The maximum Gasteiger partial charge on any atom is 0.282 e. The van der Waals surface area contributed by atoms with Gasteiger partial charge in [0, 0.05) is 11.4 Å². The Morgan fingerprint density at radius 3 is 2.50 bits per heavy atom. The predicted octanol–water partition coefficient (Wildman–Crippen LogP) is 2.08. The van der Waals surface area contributed by atoms with Gasteiger partial charge in [0.15, 0.2) is 6.04 Å². The Balaban J connectivity index is 1.55. The third kappa shape index (κ3) is 4.29. The molecule has 1 fully saturated rings. The van der Waals surface area contributed by atoms with E-state index in [1.165, 1.54) is 10.6 Å². The monoisotopic (exact) mass is 374 g/mol. The van der Waals surface area contributed by atoms with Gasteiger partial charge in [0.05, 0.1) is 38.3 Å². The van der Waals surface area contributed by atoms with E-state index >= 15 is 0 Å². The number of anilines is 2. The molecule has 0 aliphatic carbocycles. The standard InChI is InChI=1S/C20H24ClN3O2/c1-15(20(25)22-16-8-9-19(26-2)18(21)14-16)23-10-12-24(13-11-23)17-6-4-3-5-7-17/h3-9,14-15H,10-13H2,1-2H3,(H,22,25)/p+1/t15-/m1/s1. The fourth-order valence-electron chi connectivity index (χ4n) is 3.30. The minimum atomic E-state index is -0.117. The molecular weight excluding hydrogens is 350 g/mol. The van der Waals surface area contributed by atoms with Crippen LogP contribution in [0.3, 0.4) is 0 Å². The molecule has 2 N–H and O–H groups in total. The molecule has 1 aliphatic heterocycles. The van der Waals surface area contributed by atoms with Gasteiger partial charge in [-0.05, 0) is 37.3 Å². The van der Waals surface area contributed by atoms with Gasteiger partial charge in [-0.2, -0.15) is 0 Å².